The highest BCUT2D eigenvalue weighted by Gasteiger charge is 2.26. The summed E-state index contributed by atoms with van der Waals surface area (Å²) in [5, 5.41) is 15.6. The maximum atomic E-state index is 13.4. The van der Waals surface area contributed by atoms with E-state index in [2.05, 4.69) is 20.4 Å². The standard InChI is InChI=1S/C22H22F4N4O3/c23-15-5-1-4-14(12-15)17(21(31)32)10-11-20-29-19(30-33-20)9-3-7-16-6-2-8-18(28-16)27-13-22(24,25)26/h1-2,4-6,8,12,17H,3,7,9-11,13H2,(H,27,28)(H,31,32). The van der Waals surface area contributed by atoms with Gasteiger partial charge in [0.05, 0.1) is 5.92 Å². The van der Waals surface area contributed by atoms with Crippen LogP contribution in [0, 0.1) is 5.82 Å². The van der Waals surface area contributed by atoms with Crippen molar-refractivity contribution in [1.29, 1.82) is 0 Å². The normalized spacial score (nSPS) is 12.5. The summed E-state index contributed by atoms with van der Waals surface area (Å²) < 4.78 is 55.6. The van der Waals surface area contributed by atoms with Crippen LogP contribution in [0.15, 0.2) is 47.0 Å². The summed E-state index contributed by atoms with van der Waals surface area (Å²) in [6.07, 6.45) is -2.38. The molecule has 0 fully saturated rings. The second kappa shape index (κ2) is 10.9. The molecule has 2 heterocycles. The minimum atomic E-state index is -4.32. The third-order valence-electron chi connectivity index (χ3n) is 4.82. The van der Waals surface area contributed by atoms with Crippen molar-refractivity contribution < 1.29 is 32.0 Å². The molecule has 0 aliphatic heterocycles. The number of rotatable bonds is 11. The van der Waals surface area contributed by atoms with Gasteiger partial charge in [-0.2, -0.15) is 18.2 Å². The van der Waals surface area contributed by atoms with Gasteiger partial charge in [0.1, 0.15) is 18.2 Å². The number of anilines is 1. The van der Waals surface area contributed by atoms with Crippen molar-refractivity contribution in [3.63, 3.8) is 0 Å². The van der Waals surface area contributed by atoms with Gasteiger partial charge in [0.2, 0.25) is 5.89 Å². The van der Waals surface area contributed by atoms with Gasteiger partial charge in [-0.05, 0) is 49.1 Å². The molecular weight excluding hydrogens is 444 g/mol. The maximum Gasteiger partial charge on any atom is 0.405 e. The molecule has 0 aliphatic carbocycles. The molecule has 0 radical (unpaired) electrons. The summed E-state index contributed by atoms with van der Waals surface area (Å²) in [5.41, 5.74) is 0.993. The zero-order valence-electron chi connectivity index (χ0n) is 17.5. The van der Waals surface area contributed by atoms with Gasteiger partial charge in [-0.3, -0.25) is 4.79 Å². The van der Waals surface area contributed by atoms with E-state index in [1.807, 2.05) is 0 Å². The molecule has 2 aromatic heterocycles. The summed E-state index contributed by atoms with van der Waals surface area (Å²) >= 11 is 0. The number of halogens is 4. The fraction of sp³-hybridized carbons (Fsp3) is 0.364. The van der Waals surface area contributed by atoms with Crippen LogP contribution < -0.4 is 5.32 Å². The summed E-state index contributed by atoms with van der Waals surface area (Å²) in [6, 6.07) is 10.3. The molecule has 0 spiro atoms. The smallest absolute Gasteiger partial charge is 0.405 e. The summed E-state index contributed by atoms with van der Waals surface area (Å²) in [4.78, 5) is 20.0. The number of nitrogens with zero attached hydrogens (tertiary/aromatic N) is 3. The molecule has 0 amide bonds. The number of aliphatic carboxylic acids is 1. The van der Waals surface area contributed by atoms with E-state index in [0.29, 0.717) is 36.3 Å². The van der Waals surface area contributed by atoms with E-state index in [1.54, 1.807) is 18.2 Å². The molecule has 0 saturated carbocycles. The lowest BCUT2D eigenvalue weighted by molar-refractivity contribution is -0.139. The fourth-order valence-corrected chi connectivity index (χ4v) is 3.25. The highest BCUT2D eigenvalue weighted by atomic mass is 19.4. The Morgan fingerprint density at radius 3 is 2.61 bits per heavy atom. The Morgan fingerprint density at radius 2 is 1.88 bits per heavy atom. The first-order valence-electron chi connectivity index (χ1n) is 10.3. The van der Waals surface area contributed by atoms with Crippen molar-refractivity contribution in [1.82, 2.24) is 15.1 Å². The van der Waals surface area contributed by atoms with E-state index >= 15 is 0 Å². The lowest BCUT2D eigenvalue weighted by Crippen LogP contribution is -2.21. The third kappa shape index (κ3) is 7.85. The second-order valence-corrected chi connectivity index (χ2v) is 7.43. The first-order chi connectivity index (χ1) is 15.7. The third-order valence-corrected chi connectivity index (χ3v) is 4.82. The number of carboxylic acids is 1. The quantitative estimate of drug-likeness (QED) is 0.400. The van der Waals surface area contributed by atoms with Crippen LogP contribution in [0.3, 0.4) is 0 Å². The lowest BCUT2D eigenvalue weighted by Gasteiger charge is -2.11. The first kappa shape index (κ1) is 24.1. The van der Waals surface area contributed by atoms with Crippen LogP contribution in [-0.2, 0) is 24.1 Å². The van der Waals surface area contributed by atoms with Gasteiger partial charge in [0, 0.05) is 18.5 Å². The highest BCUT2D eigenvalue weighted by Crippen LogP contribution is 2.23. The van der Waals surface area contributed by atoms with E-state index in [1.165, 1.54) is 24.3 Å². The van der Waals surface area contributed by atoms with Gasteiger partial charge in [-0.15, -0.1) is 0 Å². The Bertz CT molecular complexity index is 1070. The van der Waals surface area contributed by atoms with E-state index in [0.717, 1.165) is 0 Å². The number of alkyl halides is 3. The summed E-state index contributed by atoms with van der Waals surface area (Å²) in [7, 11) is 0. The molecule has 0 aliphatic rings. The molecule has 3 aromatic rings. The van der Waals surface area contributed by atoms with E-state index < -0.39 is 30.4 Å². The number of hydrogen-bond donors (Lipinski definition) is 2. The number of aromatic nitrogens is 3. The number of benzene rings is 1. The van der Waals surface area contributed by atoms with Crippen molar-refractivity contribution in [3.05, 3.63) is 71.3 Å². The van der Waals surface area contributed by atoms with Crippen LogP contribution >= 0.6 is 0 Å². The Kier molecular flexibility index (Phi) is 7.96. The van der Waals surface area contributed by atoms with Crippen LogP contribution in [0.4, 0.5) is 23.4 Å². The van der Waals surface area contributed by atoms with E-state index in [9.17, 15) is 27.5 Å². The molecule has 11 heteroatoms. The number of carboxylic acid groups (broad SMARTS) is 1. The average Bonchev–Trinajstić information content (AvgIpc) is 3.20. The van der Waals surface area contributed by atoms with Crippen LogP contribution in [-0.4, -0.2) is 38.9 Å². The van der Waals surface area contributed by atoms with Crippen molar-refractivity contribution in [3.8, 4) is 0 Å². The van der Waals surface area contributed by atoms with Gasteiger partial charge in [0.15, 0.2) is 5.82 Å². The number of hydrogen-bond acceptors (Lipinski definition) is 6. The van der Waals surface area contributed by atoms with Crippen molar-refractivity contribution >= 4 is 11.8 Å². The minimum absolute atomic E-state index is 0.151. The maximum absolute atomic E-state index is 13.4. The van der Waals surface area contributed by atoms with Gasteiger partial charge >= 0.3 is 12.1 Å². The molecule has 1 atom stereocenters. The van der Waals surface area contributed by atoms with E-state index in [-0.39, 0.29) is 24.6 Å². The molecule has 0 bridgehead atoms. The van der Waals surface area contributed by atoms with Crippen LogP contribution in [0.1, 0.15) is 41.7 Å². The van der Waals surface area contributed by atoms with Crippen molar-refractivity contribution in [2.24, 2.45) is 0 Å². The number of aryl methyl sites for hydroxylation is 3. The molecule has 0 saturated heterocycles. The van der Waals surface area contributed by atoms with Crippen molar-refractivity contribution in [2.75, 3.05) is 11.9 Å². The molecule has 1 unspecified atom stereocenters. The predicted molar refractivity (Wildman–Crippen MR) is 110 cm³/mol. The SMILES string of the molecule is O=C(O)C(CCc1nc(CCCc2cccc(NCC(F)(F)F)n2)no1)c1cccc(F)c1. The second-order valence-electron chi connectivity index (χ2n) is 7.43. The Balaban J connectivity index is 1.48. The number of pyridine rings is 1. The monoisotopic (exact) mass is 466 g/mol. The Labute approximate surface area is 186 Å². The molecule has 33 heavy (non-hydrogen) atoms. The highest BCUT2D eigenvalue weighted by molar-refractivity contribution is 5.76. The molecular formula is C22H22F4N4O3. The fourth-order valence-electron chi connectivity index (χ4n) is 3.25. The number of carbonyl (C=O) groups is 1. The molecule has 1 aromatic carbocycles. The van der Waals surface area contributed by atoms with Crippen molar-refractivity contribution in [2.45, 2.75) is 44.2 Å². The molecule has 7 nitrogen and oxygen atoms in total. The van der Waals surface area contributed by atoms with Crippen LogP contribution in [0.2, 0.25) is 0 Å². The topological polar surface area (TPSA) is 101 Å². The zero-order valence-corrected chi connectivity index (χ0v) is 17.5. The molecule has 176 valence electrons. The Hall–Kier alpha value is -3.50. The average molecular weight is 466 g/mol. The predicted octanol–water partition coefficient (Wildman–Crippen LogP) is 4.55. The largest absolute Gasteiger partial charge is 0.481 e. The zero-order chi connectivity index (χ0) is 23.8. The minimum Gasteiger partial charge on any atom is -0.481 e. The van der Waals surface area contributed by atoms with E-state index in [4.69, 9.17) is 4.52 Å². The van der Waals surface area contributed by atoms with Crippen LogP contribution in [0.25, 0.3) is 0 Å². The van der Waals surface area contributed by atoms with Gasteiger partial charge in [0.25, 0.3) is 0 Å². The summed E-state index contributed by atoms with van der Waals surface area (Å²) in [5.74, 6) is -1.61. The molecule has 3 rings (SSSR count). The van der Waals surface area contributed by atoms with Gasteiger partial charge in [-0.25, -0.2) is 9.37 Å². The first-order valence-corrected chi connectivity index (χ1v) is 10.3. The lowest BCUT2D eigenvalue weighted by atomic mass is 9.94. The molecule has 2 N–H and O–H groups in total. The number of nitrogens with one attached hydrogen (secondary N) is 1. The summed E-state index contributed by atoms with van der Waals surface area (Å²) in [6.45, 7) is -1.16. The van der Waals surface area contributed by atoms with Gasteiger partial charge < -0.3 is 14.9 Å². The Morgan fingerprint density at radius 1 is 1.09 bits per heavy atom. The van der Waals surface area contributed by atoms with Gasteiger partial charge in [-0.1, -0.05) is 23.4 Å². The van der Waals surface area contributed by atoms with Crippen LogP contribution in [0.5, 0.6) is 0 Å².